The molecule has 4 nitrogen and oxygen atoms in total. The summed E-state index contributed by atoms with van der Waals surface area (Å²) in [5.41, 5.74) is 8.21. The molecule has 2 aromatic rings. The van der Waals surface area contributed by atoms with E-state index in [4.69, 9.17) is 5.73 Å². The Morgan fingerprint density at radius 2 is 2.19 bits per heavy atom. The molecule has 0 bridgehead atoms. The van der Waals surface area contributed by atoms with Gasteiger partial charge < -0.3 is 15.8 Å². The molecular weight excluding hydrogens is 202 g/mol. The van der Waals surface area contributed by atoms with Crippen LogP contribution in [0.5, 0.6) is 0 Å². The number of benzene rings is 1. The summed E-state index contributed by atoms with van der Waals surface area (Å²) >= 11 is 0. The van der Waals surface area contributed by atoms with Gasteiger partial charge in [0.2, 0.25) is 0 Å². The van der Waals surface area contributed by atoms with Crippen molar-refractivity contribution in [1.82, 2.24) is 9.97 Å². The van der Waals surface area contributed by atoms with Crippen LogP contribution in [0.15, 0.2) is 18.2 Å². The van der Waals surface area contributed by atoms with Gasteiger partial charge in [0.05, 0.1) is 17.6 Å². The normalized spacial score (nSPS) is 12.2. The van der Waals surface area contributed by atoms with Crippen molar-refractivity contribution in [3.63, 3.8) is 0 Å². The first-order valence-corrected chi connectivity index (χ1v) is 5.37. The first kappa shape index (κ1) is 11.1. The van der Waals surface area contributed by atoms with Crippen LogP contribution in [0.1, 0.15) is 25.2 Å². The topological polar surface area (TPSA) is 74.9 Å². The predicted molar refractivity (Wildman–Crippen MR) is 64.1 cm³/mol. The molecule has 0 amide bonds. The number of hydrogen-bond donors (Lipinski definition) is 3. The van der Waals surface area contributed by atoms with Crippen molar-refractivity contribution in [2.45, 2.75) is 25.8 Å². The molecule has 0 spiro atoms. The van der Waals surface area contributed by atoms with Gasteiger partial charge in [-0.2, -0.15) is 0 Å². The van der Waals surface area contributed by atoms with Gasteiger partial charge in [-0.15, -0.1) is 0 Å². The van der Waals surface area contributed by atoms with Crippen LogP contribution in [0, 0.1) is 0 Å². The maximum atomic E-state index is 9.31. The molecule has 0 atom stereocenters. The first-order valence-electron chi connectivity index (χ1n) is 5.37. The zero-order valence-corrected chi connectivity index (χ0v) is 9.62. The van der Waals surface area contributed by atoms with Crippen LogP contribution in [0.2, 0.25) is 0 Å². The third-order valence-electron chi connectivity index (χ3n) is 2.85. The second kappa shape index (κ2) is 3.88. The maximum Gasteiger partial charge on any atom is 0.115 e. The molecule has 16 heavy (non-hydrogen) atoms. The van der Waals surface area contributed by atoms with Gasteiger partial charge in [-0.1, -0.05) is 26.0 Å². The lowest BCUT2D eigenvalue weighted by Gasteiger charge is -2.17. The Morgan fingerprint density at radius 3 is 2.81 bits per heavy atom. The van der Waals surface area contributed by atoms with Gasteiger partial charge in [0.25, 0.3) is 0 Å². The van der Waals surface area contributed by atoms with Crippen molar-refractivity contribution < 1.29 is 5.11 Å². The van der Waals surface area contributed by atoms with Crippen LogP contribution in [-0.4, -0.2) is 21.7 Å². The third-order valence-corrected chi connectivity index (χ3v) is 2.85. The number of aliphatic hydroxyl groups excluding tert-OH is 1. The molecule has 0 aliphatic rings. The maximum absolute atomic E-state index is 9.31. The highest BCUT2D eigenvalue weighted by molar-refractivity contribution is 5.79. The number of para-hydroxylation sites is 1. The molecule has 0 saturated heterocycles. The van der Waals surface area contributed by atoms with Crippen LogP contribution in [-0.2, 0) is 12.0 Å². The number of H-pyrrole nitrogens is 1. The number of nitrogens with zero attached hydrogens (tertiary/aromatic N) is 1. The number of hydrogen-bond acceptors (Lipinski definition) is 3. The zero-order valence-electron chi connectivity index (χ0n) is 9.62. The van der Waals surface area contributed by atoms with Crippen LogP contribution in [0.4, 0.5) is 0 Å². The van der Waals surface area contributed by atoms with E-state index in [2.05, 4.69) is 9.97 Å². The second-order valence-corrected chi connectivity index (χ2v) is 4.64. The number of imidazole rings is 1. The van der Waals surface area contributed by atoms with E-state index in [1.54, 1.807) is 0 Å². The van der Waals surface area contributed by atoms with E-state index in [0.717, 1.165) is 22.4 Å². The summed E-state index contributed by atoms with van der Waals surface area (Å²) in [6, 6.07) is 5.90. The van der Waals surface area contributed by atoms with Crippen molar-refractivity contribution in [3.05, 3.63) is 29.6 Å². The minimum absolute atomic E-state index is 0.0603. The summed E-state index contributed by atoms with van der Waals surface area (Å²) in [5.74, 6) is 0.797. The molecule has 0 saturated carbocycles. The second-order valence-electron chi connectivity index (χ2n) is 4.64. The Kier molecular flexibility index (Phi) is 2.69. The molecule has 1 heterocycles. The lowest BCUT2D eigenvalue weighted by atomic mass is 9.94. The number of nitrogens with two attached hydrogens (primary N) is 1. The molecule has 86 valence electrons. The lowest BCUT2D eigenvalue weighted by molar-refractivity contribution is 0.213. The molecule has 4 heteroatoms. The van der Waals surface area contributed by atoms with E-state index in [1.807, 2.05) is 32.0 Å². The zero-order chi connectivity index (χ0) is 11.8. The molecule has 0 fully saturated rings. The number of aromatic nitrogens is 2. The molecule has 4 N–H and O–H groups in total. The number of fused-ring (bicyclic) bond motifs is 1. The van der Waals surface area contributed by atoms with Crippen molar-refractivity contribution >= 4 is 11.0 Å². The average molecular weight is 219 g/mol. The fourth-order valence-corrected chi connectivity index (χ4v) is 1.65. The van der Waals surface area contributed by atoms with Gasteiger partial charge in [-0.3, -0.25) is 0 Å². The summed E-state index contributed by atoms with van der Waals surface area (Å²) in [4.78, 5) is 7.77. The van der Waals surface area contributed by atoms with Crippen LogP contribution < -0.4 is 5.73 Å². The van der Waals surface area contributed by atoms with E-state index in [9.17, 15) is 5.11 Å². The van der Waals surface area contributed by atoms with Crippen molar-refractivity contribution in [1.29, 1.82) is 0 Å². The fraction of sp³-hybridized carbons (Fsp3) is 0.417. The molecule has 2 rings (SSSR count). The number of aromatic amines is 1. The third kappa shape index (κ3) is 1.70. The van der Waals surface area contributed by atoms with E-state index >= 15 is 0 Å². The van der Waals surface area contributed by atoms with E-state index in [0.29, 0.717) is 6.54 Å². The molecular formula is C12H17N3O. The highest BCUT2D eigenvalue weighted by Gasteiger charge is 2.23. The highest BCUT2D eigenvalue weighted by Crippen LogP contribution is 2.24. The molecule has 0 aliphatic heterocycles. The minimum Gasteiger partial charge on any atom is -0.395 e. The number of nitrogens with one attached hydrogen (secondary N) is 1. The van der Waals surface area contributed by atoms with Crippen molar-refractivity contribution in [2.24, 2.45) is 5.73 Å². The fourth-order valence-electron chi connectivity index (χ4n) is 1.65. The number of aliphatic hydroxyl groups is 1. The number of rotatable bonds is 3. The molecule has 1 aromatic carbocycles. The molecule has 0 aliphatic carbocycles. The Bertz CT molecular complexity index is 502. The van der Waals surface area contributed by atoms with Crippen LogP contribution in [0.25, 0.3) is 11.0 Å². The molecule has 0 radical (unpaired) electrons. The monoisotopic (exact) mass is 219 g/mol. The Balaban J connectivity index is 2.60. The predicted octanol–water partition coefficient (Wildman–Crippen LogP) is 1.29. The SMILES string of the molecule is CC(C)(CO)c1nc2c(CN)cccc2[nH]1. The standard InChI is InChI=1S/C12H17N3O/c1-12(2,7-16)11-14-9-5-3-4-8(6-13)10(9)15-11/h3-5,16H,6-7,13H2,1-2H3,(H,14,15). The minimum atomic E-state index is -0.356. The largest absolute Gasteiger partial charge is 0.395 e. The lowest BCUT2D eigenvalue weighted by Crippen LogP contribution is -2.23. The van der Waals surface area contributed by atoms with Crippen LogP contribution in [0.3, 0.4) is 0 Å². The smallest absolute Gasteiger partial charge is 0.115 e. The summed E-state index contributed by atoms with van der Waals surface area (Å²) in [5, 5.41) is 9.31. The van der Waals surface area contributed by atoms with E-state index < -0.39 is 0 Å². The van der Waals surface area contributed by atoms with Gasteiger partial charge in [-0.25, -0.2) is 4.98 Å². The van der Waals surface area contributed by atoms with Gasteiger partial charge in [0.15, 0.2) is 0 Å². The van der Waals surface area contributed by atoms with Crippen LogP contribution >= 0.6 is 0 Å². The first-order chi connectivity index (χ1) is 7.58. The van der Waals surface area contributed by atoms with Gasteiger partial charge in [-0.05, 0) is 11.6 Å². The van der Waals surface area contributed by atoms with E-state index in [-0.39, 0.29) is 12.0 Å². The summed E-state index contributed by atoms with van der Waals surface area (Å²) in [6.45, 7) is 4.44. The van der Waals surface area contributed by atoms with Crippen molar-refractivity contribution in [2.75, 3.05) is 6.61 Å². The summed E-state index contributed by atoms with van der Waals surface area (Å²) < 4.78 is 0. The summed E-state index contributed by atoms with van der Waals surface area (Å²) in [7, 11) is 0. The molecule has 0 unspecified atom stereocenters. The Hall–Kier alpha value is -1.39. The average Bonchev–Trinajstić information content (AvgIpc) is 2.73. The summed E-state index contributed by atoms with van der Waals surface area (Å²) in [6.07, 6.45) is 0. The Labute approximate surface area is 94.5 Å². The highest BCUT2D eigenvalue weighted by atomic mass is 16.3. The van der Waals surface area contributed by atoms with Gasteiger partial charge in [0.1, 0.15) is 5.82 Å². The van der Waals surface area contributed by atoms with E-state index in [1.165, 1.54) is 0 Å². The Morgan fingerprint density at radius 1 is 1.44 bits per heavy atom. The van der Waals surface area contributed by atoms with Gasteiger partial charge in [0, 0.05) is 12.0 Å². The van der Waals surface area contributed by atoms with Crippen molar-refractivity contribution in [3.8, 4) is 0 Å². The quantitative estimate of drug-likeness (QED) is 0.728. The molecule has 1 aromatic heterocycles. The van der Waals surface area contributed by atoms with Gasteiger partial charge >= 0.3 is 0 Å².